The Morgan fingerprint density at radius 1 is 1.09 bits per heavy atom. The van der Waals surface area contributed by atoms with Crippen molar-refractivity contribution in [1.29, 1.82) is 0 Å². The summed E-state index contributed by atoms with van der Waals surface area (Å²) in [5, 5.41) is 0. The van der Waals surface area contributed by atoms with E-state index in [0.717, 1.165) is 6.07 Å². The minimum absolute atomic E-state index is 0.0196. The van der Waals surface area contributed by atoms with Crippen LogP contribution in [0, 0.1) is 0 Å². The van der Waals surface area contributed by atoms with Gasteiger partial charge in [-0.25, -0.2) is 9.59 Å². The van der Waals surface area contributed by atoms with E-state index < -0.39 is 29.1 Å². The number of amides is 1. The summed E-state index contributed by atoms with van der Waals surface area (Å²) in [6.07, 6.45) is -4.51. The van der Waals surface area contributed by atoms with Crippen LogP contribution in [0.25, 0.3) is 11.0 Å². The van der Waals surface area contributed by atoms with E-state index in [-0.39, 0.29) is 24.7 Å². The van der Waals surface area contributed by atoms with Crippen LogP contribution >= 0.6 is 0 Å². The molecule has 10 heteroatoms. The molecule has 1 atom stereocenters. The molecule has 0 radical (unpaired) electrons. The highest BCUT2D eigenvalue weighted by Crippen LogP contribution is 2.34. The number of carbonyl (C=O) groups is 1. The Hall–Kier alpha value is -3.43. The largest absolute Gasteiger partial charge is 0.494 e. The highest BCUT2D eigenvalue weighted by Gasteiger charge is 2.35. The molecule has 0 bridgehead atoms. The number of ether oxygens (including phenoxy) is 2. The second-order valence-electron chi connectivity index (χ2n) is 9.59. The highest BCUT2D eigenvalue weighted by atomic mass is 19.4. The third-order valence-electron chi connectivity index (χ3n) is 6.00. The van der Waals surface area contributed by atoms with Crippen molar-refractivity contribution in [3.05, 3.63) is 64.1 Å². The van der Waals surface area contributed by atoms with Gasteiger partial charge in [-0.1, -0.05) is 24.3 Å². The summed E-state index contributed by atoms with van der Waals surface area (Å²) in [6, 6.07) is 9.99. The first kappa shape index (κ1) is 24.7. The molecule has 1 aromatic heterocycles. The number of aromatic nitrogens is 2. The first-order valence-corrected chi connectivity index (χ1v) is 11.3. The van der Waals surface area contributed by atoms with Crippen LogP contribution in [-0.2, 0) is 17.5 Å². The monoisotopic (exact) mass is 491 g/mol. The van der Waals surface area contributed by atoms with Crippen LogP contribution in [0.3, 0.4) is 0 Å². The van der Waals surface area contributed by atoms with Crippen LogP contribution in [0.5, 0.6) is 5.75 Å². The molecule has 3 aromatic rings. The number of imidazole rings is 1. The van der Waals surface area contributed by atoms with Gasteiger partial charge in [0, 0.05) is 13.1 Å². The molecule has 1 aliphatic rings. The SMILES string of the molecule is COc1cccc2c1n(Cc1ccccc1C(F)(F)F)c(=O)n2[C@@H]1CCN(C(=O)OC(C)(C)C)C1. The van der Waals surface area contributed by atoms with Gasteiger partial charge in [0.15, 0.2) is 0 Å². The van der Waals surface area contributed by atoms with Gasteiger partial charge in [0.1, 0.15) is 16.9 Å². The third kappa shape index (κ3) is 4.87. The van der Waals surface area contributed by atoms with Crippen molar-refractivity contribution in [1.82, 2.24) is 14.0 Å². The van der Waals surface area contributed by atoms with E-state index in [2.05, 4.69) is 0 Å². The number of hydrogen-bond donors (Lipinski definition) is 0. The molecule has 4 rings (SSSR count). The number of rotatable bonds is 4. The summed E-state index contributed by atoms with van der Waals surface area (Å²) in [6.45, 7) is 5.72. The number of para-hydroxylation sites is 1. The first-order chi connectivity index (χ1) is 16.4. The number of methoxy groups -OCH3 is 1. The Morgan fingerprint density at radius 3 is 2.46 bits per heavy atom. The van der Waals surface area contributed by atoms with Gasteiger partial charge >= 0.3 is 18.0 Å². The molecule has 35 heavy (non-hydrogen) atoms. The van der Waals surface area contributed by atoms with Gasteiger partial charge in [-0.15, -0.1) is 0 Å². The third-order valence-corrected chi connectivity index (χ3v) is 6.00. The molecule has 2 heterocycles. The molecule has 1 saturated heterocycles. The van der Waals surface area contributed by atoms with Gasteiger partial charge in [0.25, 0.3) is 0 Å². The Morgan fingerprint density at radius 2 is 1.80 bits per heavy atom. The standard InChI is InChI=1S/C25H28F3N3O4/c1-24(2,3)35-23(33)29-13-12-17(15-29)31-19-10-7-11-20(34-4)21(19)30(22(31)32)14-16-8-5-6-9-18(16)25(26,27)28/h5-11,17H,12-15H2,1-4H3/t17-/m1/s1. The molecule has 0 aliphatic carbocycles. The average molecular weight is 492 g/mol. The van der Waals surface area contributed by atoms with Crippen molar-refractivity contribution in [2.45, 2.75) is 51.6 Å². The van der Waals surface area contributed by atoms with Gasteiger partial charge in [0.2, 0.25) is 0 Å². The van der Waals surface area contributed by atoms with Gasteiger partial charge in [-0.3, -0.25) is 9.13 Å². The van der Waals surface area contributed by atoms with Gasteiger partial charge < -0.3 is 14.4 Å². The molecule has 0 spiro atoms. The number of hydrogen-bond acceptors (Lipinski definition) is 4. The van der Waals surface area contributed by atoms with Crippen molar-refractivity contribution < 1.29 is 27.4 Å². The van der Waals surface area contributed by atoms with E-state index in [0.29, 0.717) is 29.7 Å². The Labute approximate surface area is 200 Å². The second kappa shape index (κ2) is 8.98. The average Bonchev–Trinajstić information content (AvgIpc) is 3.35. The molecule has 0 unspecified atom stereocenters. The van der Waals surface area contributed by atoms with Crippen LogP contribution in [0.4, 0.5) is 18.0 Å². The highest BCUT2D eigenvalue weighted by molar-refractivity contribution is 5.83. The maximum absolute atomic E-state index is 13.7. The number of carbonyl (C=O) groups excluding carboxylic acids is 1. The molecular weight excluding hydrogens is 463 g/mol. The Kier molecular flexibility index (Phi) is 6.33. The fourth-order valence-electron chi connectivity index (χ4n) is 4.52. The quantitative estimate of drug-likeness (QED) is 0.512. The smallest absolute Gasteiger partial charge is 0.416 e. The van der Waals surface area contributed by atoms with E-state index in [1.165, 1.54) is 29.9 Å². The number of halogens is 3. The maximum Gasteiger partial charge on any atom is 0.416 e. The normalized spacial score (nSPS) is 16.7. The van der Waals surface area contributed by atoms with Crippen LogP contribution in [0.2, 0.25) is 0 Å². The predicted octanol–water partition coefficient (Wildman–Crippen LogP) is 5.06. The lowest BCUT2D eigenvalue weighted by Gasteiger charge is -2.24. The van der Waals surface area contributed by atoms with Crippen molar-refractivity contribution in [3.63, 3.8) is 0 Å². The molecule has 0 N–H and O–H groups in total. The van der Waals surface area contributed by atoms with Crippen LogP contribution in [0.15, 0.2) is 47.3 Å². The summed E-state index contributed by atoms with van der Waals surface area (Å²) >= 11 is 0. The van der Waals surface area contributed by atoms with Crippen molar-refractivity contribution >= 4 is 17.1 Å². The summed E-state index contributed by atoms with van der Waals surface area (Å²) in [7, 11) is 1.45. The number of likely N-dealkylation sites (tertiary alicyclic amines) is 1. The van der Waals surface area contributed by atoms with E-state index in [1.54, 1.807) is 48.4 Å². The van der Waals surface area contributed by atoms with E-state index in [4.69, 9.17) is 9.47 Å². The summed E-state index contributed by atoms with van der Waals surface area (Å²) in [5.41, 5.74) is -0.977. The lowest BCUT2D eigenvalue weighted by molar-refractivity contribution is -0.138. The van der Waals surface area contributed by atoms with Crippen molar-refractivity contribution in [3.8, 4) is 5.75 Å². The Bertz CT molecular complexity index is 1300. The lowest BCUT2D eigenvalue weighted by Crippen LogP contribution is -2.36. The summed E-state index contributed by atoms with van der Waals surface area (Å²) in [5.74, 6) is 0.379. The van der Waals surface area contributed by atoms with E-state index in [1.807, 2.05) is 0 Å². The zero-order valence-corrected chi connectivity index (χ0v) is 20.1. The Balaban J connectivity index is 1.78. The zero-order chi connectivity index (χ0) is 25.5. The zero-order valence-electron chi connectivity index (χ0n) is 20.1. The van der Waals surface area contributed by atoms with Crippen LogP contribution in [-0.4, -0.2) is 45.9 Å². The fraction of sp³-hybridized carbons (Fsp3) is 0.440. The molecule has 188 valence electrons. The summed E-state index contributed by atoms with van der Waals surface area (Å²) < 4.78 is 54.7. The van der Waals surface area contributed by atoms with Crippen molar-refractivity contribution in [2.24, 2.45) is 0 Å². The number of nitrogens with zero attached hydrogens (tertiary/aromatic N) is 3. The summed E-state index contributed by atoms with van der Waals surface area (Å²) in [4.78, 5) is 27.8. The molecule has 7 nitrogen and oxygen atoms in total. The number of benzene rings is 2. The van der Waals surface area contributed by atoms with Crippen LogP contribution < -0.4 is 10.4 Å². The predicted molar refractivity (Wildman–Crippen MR) is 125 cm³/mol. The molecule has 1 fully saturated rings. The molecular formula is C25H28F3N3O4. The molecule has 1 amide bonds. The van der Waals surface area contributed by atoms with E-state index >= 15 is 0 Å². The van der Waals surface area contributed by atoms with Crippen molar-refractivity contribution in [2.75, 3.05) is 20.2 Å². The second-order valence-corrected chi connectivity index (χ2v) is 9.59. The topological polar surface area (TPSA) is 65.7 Å². The number of alkyl halides is 3. The maximum atomic E-state index is 13.7. The van der Waals surface area contributed by atoms with E-state index in [9.17, 15) is 22.8 Å². The first-order valence-electron chi connectivity index (χ1n) is 11.3. The molecule has 0 saturated carbocycles. The van der Waals surface area contributed by atoms with Gasteiger partial charge in [-0.05, 0) is 51.0 Å². The minimum atomic E-state index is -4.55. The lowest BCUT2D eigenvalue weighted by atomic mass is 10.1. The molecule has 1 aliphatic heterocycles. The minimum Gasteiger partial charge on any atom is -0.494 e. The van der Waals surface area contributed by atoms with Gasteiger partial charge in [-0.2, -0.15) is 13.2 Å². The fourth-order valence-corrected chi connectivity index (χ4v) is 4.52. The van der Waals surface area contributed by atoms with Crippen LogP contribution in [0.1, 0.15) is 44.4 Å². The number of fused-ring (bicyclic) bond motifs is 1. The molecule has 2 aromatic carbocycles. The van der Waals surface area contributed by atoms with Gasteiger partial charge in [0.05, 0.1) is 30.8 Å².